The summed E-state index contributed by atoms with van der Waals surface area (Å²) in [7, 11) is 2.14. The zero-order valence-electron chi connectivity index (χ0n) is 10.2. The largest absolute Gasteiger partial charge is 0.192 e. The monoisotopic (exact) mass is 219 g/mol. The Morgan fingerprint density at radius 3 is 2.47 bits per heavy atom. The molecule has 0 heterocycles. The van der Waals surface area contributed by atoms with E-state index in [0.717, 1.165) is 12.0 Å². The summed E-state index contributed by atoms with van der Waals surface area (Å²) < 4.78 is 0. The minimum Gasteiger partial charge on any atom is -0.192 e. The summed E-state index contributed by atoms with van der Waals surface area (Å²) in [5.41, 5.74) is 5.93. The van der Waals surface area contributed by atoms with E-state index in [1.54, 1.807) is 0 Å². The minimum atomic E-state index is 0.717. The highest BCUT2D eigenvalue weighted by molar-refractivity contribution is 6.33. The molecule has 1 nitrogen and oxygen atoms in total. The Kier molecular flexibility index (Phi) is 3.30. The van der Waals surface area contributed by atoms with Crippen molar-refractivity contribution >= 4 is 13.3 Å². The van der Waals surface area contributed by atoms with Crippen LogP contribution in [0, 0.1) is 18.3 Å². The van der Waals surface area contributed by atoms with Gasteiger partial charge in [-0.25, -0.2) is 0 Å². The van der Waals surface area contributed by atoms with Crippen LogP contribution >= 0.6 is 0 Å². The number of nitrogens with zero attached hydrogens (tertiary/aromatic N) is 1. The summed E-state index contributed by atoms with van der Waals surface area (Å²) in [6.45, 7) is 2.11. The van der Waals surface area contributed by atoms with Crippen LogP contribution in [0.25, 0.3) is 0 Å². The zero-order chi connectivity index (χ0) is 12.3. The van der Waals surface area contributed by atoms with Gasteiger partial charge >= 0.3 is 0 Å². The van der Waals surface area contributed by atoms with Crippen molar-refractivity contribution in [3.8, 4) is 6.07 Å². The standard InChI is InChI=1S/C15H14BN/c1-11-2-7-15(16)14(8-11)9-12-3-5-13(10-17)6-4-12/h2-8H,9,16H2,1H3. The van der Waals surface area contributed by atoms with Gasteiger partial charge in [-0.05, 0) is 36.6 Å². The first kappa shape index (κ1) is 11.5. The molecule has 0 fully saturated rings. The van der Waals surface area contributed by atoms with Crippen LogP contribution in [0.3, 0.4) is 0 Å². The molecule has 0 saturated heterocycles. The molecule has 0 unspecified atom stereocenters. The highest BCUT2D eigenvalue weighted by Crippen LogP contribution is 2.10. The molecule has 0 saturated carbocycles. The molecule has 0 N–H and O–H groups in total. The maximum atomic E-state index is 8.75. The van der Waals surface area contributed by atoms with E-state index in [0.29, 0.717) is 0 Å². The molecule has 2 rings (SSSR count). The van der Waals surface area contributed by atoms with E-state index in [4.69, 9.17) is 5.26 Å². The van der Waals surface area contributed by atoms with Crippen LogP contribution in [0.1, 0.15) is 22.3 Å². The second-order valence-corrected chi connectivity index (χ2v) is 4.42. The molecule has 82 valence electrons. The van der Waals surface area contributed by atoms with Crippen LogP contribution in [0.4, 0.5) is 0 Å². The van der Waals surface area contributed by atoms with Gasteiger partial charge in [0, 0.05) is 0 Å². The Morgan fingerprint density at radius 1 is 1.12 bits per heavy atom. The number of benzene rings is 2. The third-order valence-corrected chi connectivity index (χ3v) is 2.98. The summed E-state index contributed by atoms with van der Waals surface area (Å²) in [5.74, 6) is 0. The zero-order valence-corrected chi connectivity index (χ0v) is 10.2. The first-order valence-electron chi connectivity index (χ1n) is 5.74. The van der Waals surface area contributed by atoms with Gasteiger partial charge in [0.05, 0.1) is 11.6 Å². The molecule has 0 atom stereocenters. The number of aryl methyl sites for hydroxylation is 1. The molecule has 0 aromatic heterocycles. The molecule has 0 aliphatic rings. The third-order valence-electron chi connectivity index (χ3n) is 2.98. The molecule has 2 aromatic rings. The van der Waals surface area contributed by atoms with Gasteiger partial charge in [-0.15, -0.1) is 0 Å². The summed E-state index contributed by atoms with van der Waals surface area (Å²) in [4.78, 5) is 0. The van der Waals surface area contributed by atoms with E-state index in [2.05, 4.69) is 39.0 Å². The predicted octanol–water partition coefficient (Wildman–Crippen LogP) is 1.72. The summed E-state index contributed by atoms with van der Waals surface area (Å²) >= 11 is 0. The van der Waals surface area contributed by atoms with Crippen LogP contribution in [0.5, 0.6) is 0 Å². The topological polar surface area (TPSA) is 23.8 Å². The molecule has 0 amide bonds. The van der Waals surface area contributed by atoms with Crippen molar-refractivity contribution in [3.05, 3.63) is 64.7 Å². The van der Waals surface area contributed by atoms with Gasteiger partial charge in [0.1, 0.15) is 7.85 Å². The fraction of sp³-hybridized carbons (Fsp3) is 0.133. The van der Waals surface area contributed by atoms with Gasteiger partial charge in [-0.2, -0.15) is 5.26 Å². The normalized spacial score (nSPS) is 9.88. The highest BCUT2D eigenvalue weighted by Gasteiger charge is 2.01. The molecule has 0 spiro atoms. The summed E-state index contributed by atoms with van der Waals surface area (Å²) in [5, 5.41) is 8.75. The van der Waals surface area contributed by atoms with Gasteiger partial charge in [-0.1, -0.05) is 41.4 Å². The van der Waals surface area contributed by atoms with Crippen molar-refractivity contribution in [2.24, 2.45) is 0 Å². The molecule has 0 aliphatic heterocycles. The maximum Gasteiger partial charge on any atom is 0.139 e. The molecule has 0 radical (unpaired) electrons. The Morgan fingerprint density at radius 2 is 1.82 bits per heavy atom. The maximum absolute atomic E-state index is 8.75. The van der Waals surface area contributed by atoms with Crippen molar-refractivity contribution in [1.29, 1.82) is 5.26 Å². The van der Waals surface area contributed by atoms with Gasteiger partial charge < -0.3 is 0 Å². The Bertz CT molecular complexity index is 564. The van der Waals surface area contributed by atoms with E-state index in [1.807, 2.05) is 24.3 Å². The average molecular weight is 219 g/mol. The second-order valence-electron chi connectivity index (χ2n) is 4.42. The van der Waals surface area contributed by atoms with E-state index in [1.165, 1.54) is 22.2 Å². The lowest BCUT2D eigenvalue weighted by molar-refractivity contribution is 1.19. The lowest BCUT2D eigenvalue weighted by Crippen LogP contribution is -2.10. The molecule has 2 heteroatoms. The predicted molar refractivity (Wildman–Crippen MR) is 73.3 cm³/mol. The first-order valence-corrected chi connectivity index (χ1v) is 5.74. The fourth-order valence-electron chi connectivity index (χ4n) is 1.91. The number of nitriles is 1. The van der Waals surface area contributed by atoms with E-state index < -0.39 is 0 Å². The second kappa shape index (κ2) is 4.89. The van der Waals surface area contributed by atoms with Crippen LogP contribution < -0.4 is 5.46 Å². The quantitative estimate of drug-likeness (QED) is 0.705. The van der Waals surface area contributed by atoms with E-state index in [9.17, 15) is 0 Å². The van der Waals surface area contributed by atoms with Crippen molar-refractivity contribution in [2.75, 3.05) is 0 Å². The van der Waals surface area contributed by atoms with Crippen molar-refractivity contribution in [1.82, 2.24) is 0 Å². The number of hydrogen-bond donors (Lipinski definition) is 0. The SMILES string of the molecule is Bc1ccc(C)cc1Cc1ccc(C#N)cc1. The molecule has 0 bridgehead atoms. The number of rotatable bonds is 2. The summed E-state index contributed by atoms with van der Waals surface area (Å²) in [6.07, 6.45) is 0.930. The Labute approximate surface area is 103 Å². The van der Waals surface area contributed by atoms with Crippen molar-refractivity contribution in [2.45, 2.75) is 13.3 Å². The molecular formula is C15H14BN. The van der Waals surface area contributed by atoms with Crippen LogP contribution in [-0.2, 0) is 6.42 Å². The van der Waals surface area contributed by atoms with Crippen LogP contribution in [0.15, 0.2) is 42.5 Å². The van der Waals surface area contributed by atoms with E-state index in [-0.39, 0.29) is 0 Å². The summed E-state index contributed by atoms with van der Waals surface area (Å²) in [6, 6.07) is 16.5. The highest BCUT2D eigenvalue weighted by atomic mass is 14.2. The minimum absolute atomic E-state index is 0.717. The fourth-order valence-corrected chi connectivity index (χ4v) is 1.91. The molecule has 2 aromatic carbocycles. The lowest BCUT2D eigenvalue weighted by Gasteiger charge is -2.07. The molecule has 0 aliphatic carbocycles. The van der Waals surface area contributed by atoms with Crippen molar-refractivity contribution < 1.29 is 0 Å². The smallest absolute Gasteiger partial charge is 0.139 e. The van der Waals surface area contributed by atoms with Gasteiger partial charge in [0.15, 0.2) is 0 Å². The van der Waals surface area contributed by atoms with Gasteiger partial charge in [0.25, 0.3) is 0 Å². The van der Waals surface area contributed by atoms with Crippen molar-refractivity contribution in [3.63, 3.8) is 0 Å². The number of hydrogen-bond acceptors (Lipinski definition) is 1. The Balaban J connectivity index is 2.25. The van der Waals surface area contributed by atoms with Crippen LogP contribution in [-0.4, -0.2) is 7.85 Å². The Hall–Kier alpha value is -2.01. The van der Waals surface area contributed by atoms with Crippen LogP contribution in [0.2, 0.25) is 0 Å². The third kappa shape index (κ3) is 2.76. The van der Waals surface area contributed by atoms with Gasteiger partial charge in [-0.3, -0.25) is 0 Å². The lowest BCUT2D eigenvalue weighted by atomic mass is 9.86. The first-order chi connectivity index (χ1) is 8.19. The molecule has 17 heavy (non-hydrogen) atoms. The average Bonchev–Trinajstić information content (AvgIpc) is 2.35. The van der Waals surface area contributed by atoms with E-state index >= 15 is 0 Å². The molecular weight excluding hydrogens is 205 g/mol. The van der Waals surface area contributed by atoms with Gasteiger partial charge in [0.2, 0.25) is 0 Å².